The molecule has 0 fully saturated rings. The number of benzene rings is 4. The van der Waals surface area contributed by atoms with E-state index in [0.717, 1.165) is 19.7 Å². The van der Waals surface area contributed by atoms with Crippen LogP contribution in [0.25, 0.3) is 21.2 Å². The van der Waals surface area contributed by atoms with Crippen LogP contribution in [0.1, 0.15) is 5.56 Å². The lowest BCUT2D eigenvalue weighted by molar-refractivity contribution is -0.137. The minimum Gasteiger partial charge on any atom is -0.486 e. The Labute approximate surface area is 280 Å². The first kappa shape index (κ1) is 33.0. The molecule has 0 atom stereocenters. The zero-order valence-electron chi connectivity index (χ0n) is 25.1. The molecule has 6 rings (SSSR count). The van der Waals surface area contributed by atoms with Gasteiger partial charge < -0.3 is 19.7 Å². The van der Waals surface area contributed by atoms with Crippen molar-refractivity contribution in [2.45, 2.75) is 16.3 Å². The highest BCUT2D eigenvalue weighted by atomic mass is 32.2. The van der Waals surface area contributed by atoms with Crippen LogP contribution < -0.4 is 13.8 Å². The third-order valence-electron chi connectivity index (χ3n) is 7.53. The lowest BCUT2D eigenvalue weighted by Gasteiger charge is -2.26. The van der Waals surface area contributed by atoms with Crippen molar-refractivity contribution in [1.29, 1.82) is 0 Å². The van der Waals surface area contributed by atoms with E-state index in [1.54, 1.807) is 29.6 Å². The number of nitrogens with zero attached hydrogens (tertiary/aromatic N) is 2. The minimum absolute atomic E-state index is 0.00490. The normalized spacial score (nSPS) is 13.0. The van der Waals surface area contributed by atoms with Crippen molar-refractivity contribution < 1.29 is 46.1 Å². The second-order valence-corrected chi connectivity index (χ2v) is 15.5. The molecule has 2 heterocycles. The maximum absolute atomic E-state index is 14.1. The summed E-state index contributed by atoms with van der Waals surface area (Å²) in [6.45, 7) is -1.78. The Balaban J connectivity index is 1.40. The van der Waals surface area contributed by atoms with Crippen molar-refractivity contribution in [3.05, 3.63) is 102 Å². The lowest BCUT2D eigenvalue weighted by atomic mass is 10.1. The van der Waals surface area contributed by atoms with E-state index < -0.39 is 51.6 Å². The van der Waals surface area contributed by atoms with Crippen LogP contribution in [-0.2, 0) is 36.2 Å². The van der Waals surface area contributed by atoms with Crippen LogP contribution in [0.5, 0.6) is 11.5 Å². The number of carboxylic acid groups (broad SMARTS) is 2. The summed E-state index contributed by atoms with van der Waals surface area (Å²) in [5.74, 6) is -2.28. The fourth-order valence-electron chi connectivity index (χ4n) is 5.32. The van der Waals surface area contributed by atoms with Gasteiger partial charge in [0, 0.05) is 22.7 Å². The SMILES string of the molecule is O=C(O)CN(Cc1cc(N(CC(=O)O)S(=O)(=O)c2ccc(-c3ccccc3)cc2)c2ccsc2c1)S(=O)(=O)c1ccc2c(c1)OCCO2. The van der Waals surface area contributed by atoms with Crippen molar-refractivity contribution >= 4 is 59.1 Å². The smallest absolute Gasteiger partial charge is 0.324 e. The van der Waals surface area contributed by atoms with Crippen LogP contribution in [-0.4, -0.2) is 69.6 Å². The molecule has 0 saturated heterocycles. The van der Waals surface area contributed by atoms with Crippen molar-refractivity contribution in [2.24, 2.45) is 0 Å². The highest BCUT2D eigenvalue weighted by molar-refractivity contribution is 7.93. The zero-order chi connectivity index (χ0) is 34.1. The Hall–Kier alpha value is -4.96. The molecule has 12 nitrogen and oxygen atoms in total. The highest BCUT2D eigenvalue weighted by Crippen LogP contribution is 2.37. The van der Waals surface area contributed by atoms with E-state index in [0.29, 0.717) is 22.4 Å². The number of hydrogen-bond donors (Lipinski definition) is 2. The van der Waals surface area contributed by atoms with E-state index in [1.165, 1.54) is 47.7 Å². The first-order valence-electron chi connectivity index (χ1n) is 14.5. The quantitative estimate of drug-likeness (QED) is 0.182. The van der Waals surface area contributed by atoms with Gasteiger partial charge in [-0.1, -0.05) is 42.5 Å². The zero-order valence-corrected chi connectivity index (χ0v) is 27.5. The number of carboxylic acids is 2. The second kappa shape index (κ2) is 13.3. The fraction of sp³-hybridized carbons (Fsp3) is 0.152. The summed E-state index contributed by atoms with van der Waals surface area (Å²) < 4.78 is 68.8. The first-order chi connectivity index (χ1) is 22.9. The molecule has 0 bridgehead atoms. The molecule has 0 radical (unpaired) electrons. The molecule has 48 heavy (non-hydrogen) atoms. The monoisotopic (exact) mass is 708 g/mol. The third kappa shape index (κ3) is 6.71. The van der Waals surface area contributed by atoms with Crippen LogP contribution >= 0.6 is 11.3 Å². The predicted octanol–water partition coefficient (Wildman–Crippen LogP) is 4.89. The van der Waals surface area contributed by atoms with E-state index in [9.17, 15) is 36.6 Å². The molecule has 0 amide bonds. The van der Waals surface area contributed by atoms with Gasteiger partial charge >= 0.3 is 11.9 Å². The van der Waals surface area contributed by atoms with Crippen molar-refractivity contribution in [2.75, 3.05) is 30.6 Å². The molecule has 1 aromatic heterocycles. The van der Waals surface area contributed by atoms with Gasteiger partial charge in [0.15, 0.2) is 11.5 Å². The first-order valence-corrected chi connectivity index (χ1v) is 18.2. The van der Waals surface area contributed by atoms with Crippen LogP contribution in [0.4, 0.5) is 5.69 Å². The van der Waals surface area contributed by atoms with E-state index in [2.05, 4.69) is 0 Å². The lowest BCUT2D eigenvalue weighted by Crippen LogP contribution is -2.36. The number of rotatable bonds is 12. The fourth-order valence-corrected chi connectivity index (χ4v) is 9.01. The average Bonchev–Trinajstić information content (AvgIpc) is 3.55. The number of fused-ring (bicyclic) bond motifs is 2. The van der Waals surface area contributed by atoms with E-state index in [1.807, 2.05) is 30.3 Å². The van der Waals surface area contributed by atoms with Gasteiger partial charge in [0.2, 0.25) is 10.0 Å². The number of carbonyl (C=O) groups is 2. The molecule has 5 aromatic rings. The molecule has 1 aliphatic rings. The minimum atomic E-state index is -4.46. The Morgan fingerprint density at radius 1 is 0.708 bits per heavy atom. The summed E-state index contributed by atoms with van der Waals surface area (Å²) in [4.78, 5) is 23.6. The maximum atomic E-state index is 14.1. The Morgan fingerprint density at radius 2 is 1.35 bits per heavy atom. The van der Waals surface area contributed by atoms with Gasteiger partial charge in [0.1, 0.15) is 26.3 Å². The molecular weight excluding hydrogens is 681 g/mol. The van der Waals surface area contributed by atoms with Gasteiger partial charge in [0.05, 0.1) is 15.5 Å². The largest absolute Gasteiger partial charge is 0.486 e. The molecule has 1 aliphatic heterocycles. The number of ether oxygens (including phenoxy) is 2. The van der Waals surface area contributed by atoms with Gasteiger partial charge in [-0.3, -0.25) is 13.9 Å². The van der Waals surface area contributed by atoms with Crippen LogP contribution in [0.3, 0.4) is 0 Å². The van der Waals surface area contributed by atoms with Gasteiger partial charge in [-0.15, -0.1) is 11.3 Å². The van der Waals surface area contributed by atoms with Crippen molar-refractivity contribution in [3.63, 3.8) is 0 Å². The Bertz CT molecular complexity index is 2220. The summed E-state index contributed by atoms with van der Waals surface area (Å²) >= 11 is 1.23. The molecule has 0 saturated carbocycles. The number of sulfonamides is 2. The average molecular weight is 709 g/mol. The van der Waals surface area contributed by atoms with Crippen molar-refractivity contribution in [3.8, 4) is 22.6 Å². The topological polar surface area (TPSA) is 168 Å². The molecule has 15 heteroatoms. The molecule has 0 spiro atoms. The summed E-state index contributed by atoms with van der Waals surface area (Å²) in [6, 6.07) is 24.0. The number of thiophene rings is 1. The number of anilines is 1. The van der Waals surface area contributed by atoms with Crippen LogP contribution in [0, 0.1) is 0 Å². The Morgan fingerprint density at radius 3 is 2.04 bits per heavy atom. The second-order valence-electron chi connectivity index (χ2n) is 10.7. The summed E-state index contributed by atoms with van der Waals surface area (Å²) in [5, 5.41) is 21.6. The van der Waals surface area contributed by atoms with Crippen LogP contribution in [0.2, 0.25) is 0 Å². The molecule has 0 unspecified atom stereocenters. The van der Waals surface area contributed by atoms with E-state index in [-0.39, 0.29) is 33.4 Å². The van der Waals surface area contributed by atoms with Gasteiger partial charge in [-0.05, 0) is 64.5 Å². The van der Waals surface area contributed by atoms with E-state index in [4.69, 9.17) is 9.47 Å². The molecule has 2 N–H and O–H groups in total. The molecular formula is C33H28N2O10S3. The van der Waals surface area contributed by atoms with Gasteiger partial charge in [-0.25, -0.2) is 16.8 Å². The molecule has 0 aliphatic carbocycles. The standard InChI is InChI=1S/C33H28N2O10S3/c36-32(37)20-34(47(40,41)26-10-11-29-30(18-26)45-14-13-44-29)19-22-16-28(27-12-15-46-31(27)17-22)35(21-33(38)39)48(42,43)25-8-6-24(7-9-25)23-4-2-1-3-5-23/h1-12,15-18H,13-14,19-21H2,(H,36,37)(H,38,39). The molecule has 248 valence electrons. The summed E-state index contributed by atoms with van der Waals surface area (Å²) in [7, 11) is -8.88. The maximum Gasteiger partial charge on any atom is 0.324 e. The van der Waals surface area contributed by atoms with Crippen molar-refractivity contribution in [1.82, 2.24) is 4.31 Å². The number of aliphatic carboxylic acids is 2. The summed E-state index contributed by atoms with van der Waals surface area (Å²) in [5.41, 5.74) is 1.88. The van der Waals surface area contributed by atoms with Crippen LogP contribution in [0.15, 0.2) is 106 Å². The van der Waals surface area contributed by atoms with E-state index >= 15 is 0 Å². The molecule has 4 aromatic carbocycles. The number of hydrogen-bond acceptors (Lipinski definition) is 9. The van der Waals surface area contributed by atoms with Gasteiger partial charge in [-0.2, -0.15) is 4.31 Å². The Kier molecular flexibility index (Phi) is 9.11. The highest BCUT2D eigenvalue weighted by Gasteiger charge is 2.32. The predicted molar refractivity (Wildman–Crippen MR) is 179 cm³/mol. The summed E-state index contributed by atoms with van der Waals surface area (Å²) in [6.07, 6.45) is 0. The third-order valence-corrected chi connectivity index (χ3v) is 12.0. The van der Waals surface area contributed by atoms with Gasteiger partial charge in [0.25, 0.3) is 10.0 Å².